The van der Waals surface area contributed by atoms with Crippen LogP contribution in [0.15, 0.2) is 24.3 Å². The molecule has 0 unspecified atom stereocenters. The van der Waals surface area contributed by atoms with Gasteiger partial charge in [0.05, 0.1) is 0 Å². The molecule has 0 saturated heterocycles. The van der Waals surface area contributed by atoms with Crippen LogP contribution in [0.5, 0.6) is 0 Å². The lowest BCUT2D eigenvalue weighted by molar-refractivity contribution is -0.105. The molecule has 1 rings (SSSR count). The highest BCUT2D eigenvalue weighted by atomic mass is 16.7. The van der Waals surface area contributed by atoms with Gasteiger partial charge >= 0.3 is 0 Å². The van der Waals surface area contributed by atoms with Crippen LogP contribution in [0, 0.1) is 6.92 Å². The molecule has 3 nitrogen and oxygen atoms in total. The van der Waals surface area contributed by atoms with E-state index in [2.05, 4.69) is 0 Å². The maximum absolute atomic E-state index is 11.8. The van der Waals surface area contributed by atoms with Gasteiger partial charge in [-0.3, -0.25) is 4.79 Å². The van der Waals surface area contributed by atoms with Crippen molar-refractivity contribution in [3.05, 3.63) is 35.4 Å². The summed E-state index contributed by atoms with van der Waals surface area (Å²) >= 11 is 0. The SMILES string of the molecule is COC(CCC(=O)c1ccc(C)cc1)OC. The molecule has 3 heteroatoms. The lowest BCUT2D eigenvalue weighted by Crippen LogP contribution is -2.14. The van der Waals surface area contributed by atoms with E-state index in [1.807, 2.05) is 31.2 Å². The summed E-state index contributed by atoms with van der Waals surface area (Å²) in [4.78, 5) is 11.8. The van der Waals surface area contributed by atoms with Crippen LogP contribution in [0.1, 0.15) is 28.8 Å². The fraction of sp³-hybridized carbons (Fsp3) is 0.462. The third kappa shape index (κ3) is 3.76. The van der Waals surface area contributed by atoms with Crippen molar-refractivity contribution in [2.24, 2.45) is 0 Å². The van der Waals surface area contributed by atoms with Crippen LogP contribution in [0.4, 0.5) is 0 Å². The molecule has 88 valence electrons. The monoisotopic (exact) mass is 222 g/mol. The average molecular weight is 222 g/mol. The molecule has 0 heterocycles. The van der Waals surface area contributed by atoms with Crippen LogP contribution >= 0.6 is 0 Å². The highest BCUT2D eigenvalue weighted by molar-refractivity contribution is 5.96. The third-order valence-electron chi connectivity index (χ3n) is 2.51. The standard InChI is InChI=1S/C13H18O3/c1-10-4-6-11(7-5-10)12(14)8-9-13(15-2)16-3/h4-7,13H,8-9H2,1-3H3. The Morgan fingerprint density at radius 2 is 1.75 bits per heavy atom. The van der Waals surface area contributed by atoms with Crippen LogP contribution in [0.2, 0.25) is 0 Å². The van der Waals surface area contributed by atoms with Crippen LogP contribution in [-0.2, 0) is 9.47 Å². The van der Waals surface area contributed by atoms with Gasteiger partial charge in [0.1, 0.15) is 0 Å². The molecule has 0 amide bonds. The minimum Gasteiger partial charge on any atom is -0.356 e. The van der Waals surface area contributed by atoms with E-state index in [1.165, 1.54) is 0 Å². The largest absolute Gasteiger partial charge is 0.356 e. The van der Waals surface area contributed by atoms with Crippen molar-refractivity contribution in [3.63, 3.8) is 0 Å². The number of Topliss-reactive ketones (excluding diaryl/α,β-unsaturated/α-hetero) is 1. The van der Waals surface area contributed by atoms with Gasteiger partial charge in [-0.25, -0.2) is 0 Å². The molecular weight excluding hydrogens is 204 g/mol. The van der Waals surface area contributed by atoms with Crippen molar-refractivity contribution < 1.29 is 14.3 Å². The Hall–Kier alpha value is -1.19. The molecule has 1 aromatic rings. The molecule has 16 heavy (non-hydrogen) atoms. The molecule has 0 aliphatic heterocycles. The summed E-state index contributed by atoms with van der Waals surface area (Å²) in [7, 11) is 3.15. The topological polar surface area (TPSA) is 35.5 Å². The smallest absolute Gasteiger partial charge is 0.163 e. The number of aryl methyl sites for hydroxylation is 1. The zero-order chi connectivity index (χ0) is 12.0. The van der Waals surface area contributed by atoms with Gasteiger partial charge in [-0.05, 0) is 6.92 Å². The van der Waals surface area contributed by atoms with Gasteiger partial charge in [0, 0.05) is 32.6 Å². The van der Waals surface area contributed by atoms with E-state index in [9.17, 15) is 4.79 Å². The second-order valence-corrected chi connectivity index (χ2v) is 3.73. The van der Waals surface area contributed by atoms with Crippen molar-refractivity contribution >= 4 is 5.78 Å². The van der Waals surface area contributed by atoms with E-state index >= 15 is 0 Å². The van der Waals surface area contributed by atoms with Gasteiger partial charge in [0.2, 0.25) is 0 Å². The number of hydrogen-bond donors (Lipinski definition) is 0. The fourth-order valence-electron chi connectivity index (χ4n) is 1.46. The molecule has 0 aliphatic carbocycles. The molecule has 0 spiro atoms. The van der Waals surface area contributed by atoms with Crippen LogP contribution in [-0.4, -0.2) is 26.3 Å². The van der Waals surface area contributed by atoms with Crippen molar-refractivity contribution in [1.29, 1.82) is 0 Å². The van der Waals surface area contributed by atoms with Gasteiger partial charge in [-0.1, -0.05) is 29.8 Å². The molecule has 0 aliphatic rings. The predicted molar refractivity (Wildman–Crippen MR) is 62.5 cm³/mol. The lowest BCUT2D eigenvalue weighted by Gasteiger charge is -2.12. The predicted octanol–water partition coefficient (Wildman–Crippen LogP) is 2.58. The first kappa shape index (κ1) is 12.9. The maximum atomic E-state index is 11.8. The first-order valence-electron chi connectivity index (χ1n) is 5.33. The van der Waals surface area contributed by atoms with Gasteiger partial charge in [-0.15, -0.1) is 0 Å². The van der Waals surface area contributed by atoms with Crippen LogP contribution in [0.25, 0.3) is 0 Å². The fourth-order valence-corrected chi connectivity index (χ4v) is 1.46. The number of carbonyl (C=O) groups excluding carboxylic acids is 1. The van der Waals surface area contributed by atoms with Gasteiger partial charge in [-0.2, -0.15) is 0 Å². The first-order chi connectivity index (χ1) is 7.67. The summed E-state index contributed by atoms with van der Waals surface area (Å²) in [6, 6.07) is 7.59. The zero-order valence-electron chi connectivity index (χ0n) is 10.0. The summed E-state index contributed by atoms with van der Waals surface area (Å²) in [5.74, 6) is 0.124. The summed E-state index contributed by atoms with van der Waals surface area (Å²) in [5.41, 5.74) is 1.90. The van der Waals surface area contributed by atoms with Gasteiger partial charge < -0.3 is 9.47 Å². The highest BCUT2D eigenvalue weighted by Crippen LogP contribution is 2.10. The molecule has 0 bridgehead atoms. The minimum absolute atomic E-state index is 0.124. The molecule has 0 atom stereocenters. The number of benzene rings is 1. The Labute approximate surface area is 96.4 Å². The Bertz CT molecular complexity index is 326. The Kier molecular flexibility index (Phi) is 5.15. The average Bonchev–Trinajstić information content (AvgIpc) is 2.31. The van der Waals surface area contributed by atoms with Crippen molar-refractivity contribution in [3.8, 4) is 0 Å². The number of rotatable bonds is 6. The summed E-state index contributed by atoms with van der Waals surface area (Å²) in [6.07, 6.45) is 0.726. The Balaban J connectivity index is 2.49. The van der Waals surface area contributed by atoms with Gasteiger partial charge in [0.15, 0.2) is 12.1 Å². The summed E-state index contributed by atoms with van der Waals surface area (Å²) < 4.78 is 10.1. The van der Waals surface area contributed by atoms with E-state index < -0.39 is 0 Å². The lowest BCUT2D eigenvalue weighted by atomic mass is 10.1. The maximum Gasteiger partial charge on any atom is 0.163 e. The van der Waals surface area contributed by atoms with E-state index in [-0.39, 0.29) is 12.1 Å². The van der Waals surface area contributed by atoms with E-state index in [0.29, 0.717) is 12.8 Å². The molecule has 0 N–H and O–H groups in total. The molecule has 0 fully saturated rings. The number of carbonyl (C=O) groups is 1. The Morgan fingerprint density at radius 1 is 1.19 bits per heavy atom. The second-order valence-electron chi connectivity index (χ2n) is 3.73. The van der Waals surface area contributed by atoms with Gasteiger partial charge in [0.25, 0.3) is 0 Å². The number of hydrogen-bond acceptors (Lipinski definition) is 3. The molecule has 0 saturated carbocycles. The van der Waals surface area contributed by atoms with Crippen LogP contribution < -0.4 is 0 Å². The molecule has 0 aromatic heterocycles. The Morgan fingerprint density at radius 3 is 2.25 bits per heavy atom. The zero-order valence-corrected chi connectivity index (χ0v) is 10.0. The second kappa shape index (κ2) is 6.40. The number of ether oxygens (including phenoxy) is 2. The highest BCUT2D eigenvalue weighted by Gasteiger charge is 2.10. The normalized spacial score (nSPS) is 10.8. The van der Waals surface area contributed by atoms with E-state index in [4.69, 9.17) is 9.47 Å². The van der Waals surface area contributed by atoms with E-state index in [1.54, 1.807) is 14.2 Å². The first-order valence-corrected chi connectivity index (χ1v) is 5.33. The summed E-state index contributed by atoms with van der Waals surface area (Å²) in [6.45, 7) is 2.00. The molecular formula is C13H18O3. The summed E-state index contributed by atoms with van der Waals surface area (Å²) in [5, 5.41) is 0. The number of methoxy groups -OCH3 is 2. The third-order valence-corrected chi connectivity index (χ3v) is 2.51. The van der Waals surface area contributed by atoms with Crippen molar-refractivity contribution in [2.75, 3.05) is 14.2 Å². The molecule has 0 radical (unpaired) electrons. The quantitative estimate of drug-likeness (QED) is 0.548. The number of ketones is 1. The molecule has 1 aromatic carbocycles. The van der Waals surface area contributed by atoms with Crippen LogP contribution in [0.3, 0.4) is 0 Å². The minimum atomic E-state index is -0.297. The van der Waals surface area contributed by atoms with Crippen molar-refractivity contribution in [2.45, 2.75) is 26.1 Å². The van der Waals surface area contributed by atoms with E-state index in [0.717, 1.165) is 11.1 Å². The van der Waals surface area contributed by atoms with Crippen molar-refractivity contribution in [1.82, 2.24) is 0 Å².